The molecule has 0 amide bonds. The SMILES string of the molecule is NCC1CCN(Cc2ccc3cc(-c4n[nH]c5ccccc45)[nH]c3c2)C1. The van der Waals surface area contributed by atoms with Crippen molar-refractivity contribution in [1.82, 2.24) is 20.1 Å². The molecule has 0 bridgehead atoms. The second-order valence-corrected chi connectivity index (χ2v) is 7.35. The lowest BCUT2D eigenvalue weighted by Gasteiger charge is -2.15. The molecule has 5 rings (SSSR count). The zero-order valence-electron chi connectivity index (χ0n) is 14.7. The molecule has 3 heterocycles. The van der Waals surface area contributed by atoms with Gasteiger partial charge in [0.15, 0.2) is 0 Å². The summed E-state index contributed by atoms with van der Waals surface area (Å²) in [5.74, 6) is 0.656. The van der Waals surface area contributed by atoms with Gasteiger partial charge in [-0.3, -0.25) is 10.00 Å². The van der Waals surface area contributed by atoms with Crippen molar-refractivity contribution in [2.24, 2.45) is 11.7 Å². The van der Waals surface area contributed by atoms with Gasteiger partial charge in [0.05, 0.1) is 11.2 Å². The fourth-order valence-corrected chi connectivity index (χ4v) is 4.08. The third kappa shape index (κ3) is 2.69. The molecule has 0 radical (unpaired) electrons. The molecule has 5 nitrogen and oxygen atoms in total. The Kier molecular flexibility index (Phi) is 3.76. The maximum absolute atomic E-state index is 5.81. The van der Waals surface area contributed by atoms with Crippen LogP contribution in [0.1, 0.15) is 12.0 Å². The first kappa shape index (κ1) is 15.6. The molecule has 132 valence electrons. The molecular formula is C21H23N5. The van der Waals surface area contributed by atoms with Gasteiger partial charge in [-0.05, 0) is 49.2 Å². The van der Waals surface area contributed by atoms with Gasteiger partial charge in [-0.1, -0.05) is 30.3 Å². The molecular weight excluding hydrogens is 322 g/mol. The lowest BCUT2D eigenvalue weighted by Crippen LogP contribution is -2.22. The molecule has 1 saturated heterocycles. The minimum absolute atomic E-state index is 0.656. The number of hydrogen-bond donors (Lipinski definition) is 3. The van der Waals surface area contributed by atoms with Gasteiger partial charge in [-0.15, -0.1) is 0 Å². The molecule has 0 spiro atoms. The van der Waals surface area contributed by atoms with Crippen LogP contribution in [0.4, 0.5) is 0 Å². The number of rotatable bonds is 4. The number of nitrogens with zero attached hydrogens (tertiary/aromatic N) is 2. The molecule has 1 fully saturated rings. The summed E-state index contributed by atoms with van der Waals surface area (Å²) < 4.78 is 0. The predicted octanol–water partition coefficient (Wildman–Crippen LogP) is 3.49. The van der Waals surface area contributed by atoms with Gasteiger partial charge in [0, 0.05) is 29.4 Å². The van der Waals surface area contributed by atoms with Crippen LogP contribution in [0.25, 0.3) is 33.2 Å². The van der Waals surface area contributed by atoms with E-state index in [0.717, 1.165) is 48.5 Å². The number of benzene rings is 2. The summed E-state index contributed by atoms with van der Waals surface area (Å²) in [6, 6.07) is 17.1. The third-order valence-electron chi connectivity index (χ3n) is 5.52. The Bertz CT molecular complexity index is 1060. The van der Waals surface area contributed by atoms with Gasteiger partial charge in [0.2, 0.25) is 0 Å². The molecule has 1 unspecified atom stereocenters. The summed E-state index contributed by atoms with van der Waals surface area (Å²) in [5, 5.41) is 9.98. The molecule has 4 N–H and O–H groups in total. The molecule has 1 aliphatic rings. The standard InChI is InChI=1S/C21H23N5/c22-11-15-7-8-26(13-15)12-14-5-6-16-10-20(23-19(16)9-14)21-17-3-1-2-4-18(17)24-25-21/h1-6,9-10,15,23H,7-8,11-13,22H2,(H,24,25). The summed E-state index contributed by atoms with van der Waals surface area (Å²) in [6.45, 7) is 4.05. The highest BCUT2D eigenvalue weighted by Crippen LogP contribution is 2.29. The molecule has 26 heavy (non-hydrogen) atoms. The number of fused-ring (bicyclic) bond motifs is 2. The van der Waals surface area contributed by atoms with Gasteiger partial charge in [0.25, 0.3) is 0 Å². The molecule has 0 aliphatic carbocycles. The van der Waals surface area contributed by atoms with Gasteiger partial charge in [-0.2, -0.15) is 5.10 Å². The number of nitrogens with two attached hydrogens (primary N) is 1. The predicted molar refractivity (Wildman–Crippen MR) is 106 cm³/mol. The van der Waals surface area contributed by atoms with Crippen LogP contribution in [-0.4, -0.2) is 39.7 Å². The van der Waals surface area contributed by atoms with E-state index < -0.39 is 0 Å². The van der Waals surface area contributed by atoms with Crippen molar-refractivity contribution >= 4 is 21.8 Å². The van der Waals surface area contributed by atoms with Crippen molar-refractivity contribution in [3.63, 3.8) is 0 Å². The first-order valence-corrected chi connectivity index (χ1v) is 9.28. The van der Waals surface area contributed by atoms with Crippen molar-refractivity contribution in [2.75, 3.05) is 19.6 Å². The van der Waals surface area contributed by atoms with Crippen molar-refractivity contribution in [1.29, 1.82) is 0 Å². The quantitative estimate of drug-likeness (QED) is 0.530. The van der Waals surface area contributed by atoms with Crippen LogP contribution in [0.2, 0.25) is 0 Å². The fourth-order valence-electron chi connectivity index (χ4n) is 4.08. The van der Waals surface area contributed by atoms with E-state index in [9.17, 15) is 0 Å². The van der Waals surface area contributed by atoms with Crippen LogP contribution in [0.5, 0.6) is 0 Å². The van der Waals surface area contributed by atoms with E-state index in [2.05, 4.69) is 56.5 Å². The lowest BCUT2D eigenvalue weighted by atomic mass is 10.1. The van der Waals surface area contributed by atoms with Crippen LogP contribution in [-0.2, 0) is 6.54 Å². The molecule has 0 saturated carbocycles. The molecule has 1 atom stereocenters. The summed E-state index contributed by atoms with van der Waals surface area (Å²) in [6.07, 6.45) is 1.22. The summed E-state index contributed by atoms with van der Waals surface area (Å²) in [7, 11) is 0. The lowest BCUT2D eigenvalue weighted by molar-refractivity contribution is 0.318. The average Bonchev–Trinajstić information content (AvgIpc) is 3.38. The Labute approximate surface area is 152 Å². The highest BCUT2D eigenvalue weighted by molar-refractivity contribution is 5.95. The van der Waals surface area contributed by atoms with Gasteiger partial charge in [0.1, 0.15) is 5.69 Å². The minimum Gasteiger partial charge on any atom is -0.353 e. The Balaban J connectivity index is 1.45. The van der Waals surface area contributed by atoms with Crippen LogP contribution >= 0.6 is 0 Å². The highest BCUT2D eigenvalue weighted by Gasteiger charge is 2.21. The monoisotopic (exact) mass is 345 g/mol. The summed E-state index contributed by atoms with van der Waals surface area (Å²) >= 11 is 0. The number of likely N-dealkylation sites (tertiary alicyclic amines) is 1. The molecule has 2 aromatic carbocycles. The number of aromatic amines is 2. The van der Waals surface area contributed by atoms with Gasteiger partial charge >= 0.3 is 0 Å². The van der Waals surface area contributed by atoms with Gasteiger partial charge in [-0.25, -0.2) is 0 Å². The van der Waals surface area contributed by atoms with Crippen LogP contribution in [0, 0.1) is 5.92 Å². The largest absolute Gasteiger partial charge is 0.353 e. The topological polar surface area (TPSA) is 73.7 Å². The number of nitrogens with one attached hydrogen (secondary N) is 2. The Morgan fingerprint density at radius 2 is 2.04 bits per heavy atom. The van der Waals surface area contributed by atoms with E-state index in [-0.39, 0.29) is 0 Å². The smallest absolute Gasteiger partial charge is 0.116 e. The zero-order chi connectivity index (χ0) is 17.5. The van der Waals surface area contributed by atoms with Crippen LogP contribution in [0.15, 0.2) is 48.5 Å². The van der Waals surface area contributed by atoms with Crippen molar-refractivity contribution < 1.29 is 0 Å². The minimum atomic E-state index is 0.656. The third-order valence-corrected chi connectivity index (χ3v) is 5.52. The van der Waals surface area contributed by atoms with E-state index in [1.54, 1.807) is 0 Å². The highest BCUT2D eigenvalue weighted by atomic mass is 15.1. The summed E-state index contributed by atoms with van der Waals surface area (Å²) in [5.41, 5.74) is 11.4. The number of aromatic nitrogens is 3. The van der Waals surface area contributed by atoms with E-state index in [1.807, 2.05) is 12.1 Å². The van der Waals surface area contributed by atoms with Crippen LogP contribution < -0.4 is 5.73 Å². The Morgan fingerprint density at radius 3 is 2.92 bits per heavy atom. The molecule has 1 aliphatic heterocycles. The summed E-state index contributed by atoms with van der Waals surface area (Å²) in [4.78, 5) is 6.06. The number of hydrogen-bond acceptors (Lipinski definition) is 3. The molecule has 2 aromatic heterocycles. The number of para-hydroxylation sites is 1. The van der Waals surface area contributed by atoms with E-state index in [4.69, 9.17) is 5.73 Å². The van der Waals surface area contributed by atoms with Crippen molar-refractivity contribution in [2.45, 2.75) is 13.0 Å². The molecule has 5 heteroatoms. The maximum Gasteiger partial charge on any atom is 0.116 e. The van der Waals surface area contributed by atoms with E-state index in [1.165, 1.54) is 22.9 Å². The Hall–Kier alpha value is -2.63. The second-order valence-electron chi connectivity index (χ2n) is 7.35. The van der Waals surface area contributed by atoms with E-state index in [0.29, 0.717) is 5.92 Å². The van der Waals surface area contributed by atoms with Crippen LogP contribution in [0.3, 0.4) is 0 Å². The Morgan fingerprint density at radius 1 is 1.12 bits per heavy atom. The van der Waals surface area contributed by atoms with Crippen molar-refractivity contribution in [3.05, 3.63) is 54.1 Å². The van der Waals surface area contributed by atoms with Crippen molar-refractivity contribution in [3.8, 4) is 11.4 Å². The number of H-pyrrole nitrogens is 2. The molecule has 4 aromatic rings. The first-order valence-electron chi connectivity index (χ1n) is 9.28. The first-order chi connectivity index (χ1) is 12.8. The normalized spacial score (nSPS) is 18.3. The maximum atomic E-state index is 5.81. The van der Waals surface area contributed by atoms with E-state index >= 15 is 0 Å². The fraction of sp³-hybridized carbons (Fsp3) is 0.286. The van der Waals surface area contributed by atoms with Gasteiger partial charge < -0.3 is 10.7 Å². The second kappa shape index (κ2) is 6.27. The average molecular weight is 345 g/mol. The zero-order valence-corrected chi connectivity index (χ0v) is 14.7.